The Balaban J connectivity index is 1.32. The molecule has 5 heterocycles. The average Bonchev–Trinajstić information content (AvgIpc) is 3.72. The summed E-state index contributed by atoms with van der Waals surface area (Å²) in [4.78, 5) is 42.1. The van der Waals surface area contributed by atoms with E-state index in [4.69, 9.17) is 43.4 Å². The molecule has 0 aliphatic carbocycles. The van der Waals surface area contributed by atoms with Gasteiger partial charge in [0, 0.05) is 36.6 Å². The third-order valence-electron chi connectivity index (χ3n) is 6.80. The first-order chi connectivity index (χ1) is 20.3. The van der Waals surface area contributed by atoms with Gasteiger partial charge in [0.05, 0.1) is 53.5 Å². The molecular formula is C27H23Cl2N9O4. The third kappa shape index (κ3) is 5.36. The number of nitrogens with zero attached hydrogens (tertiary/aromatic N) is 7. The quantitative estimate of drug-likeness (QED) is 0.266. The summed E-state index contributed by atoms with van der Waals surface area (Å²) in [5.41, 5.74) is 8.40. The van der Waals surface area contributed by atoms with Crippen LogP contribution in [-0.2, 0) is 17.6 Å². The Kier molecular flexibility index (Phi) is 7.45. The number of nitrogens with one attached hydrogen (secondary N) is 1. The molecule has 0 radical (unpaired) electrons. The number of primary amides is 1. The predicted molar refractivity (Wildman–Crippen MR) is 153 cm³/mol. The second-order valence-electron chi connectivity index (χ2n) is 9.45. The van der Waals surface area contributed by atoms with Gasteiger partial charge in [-0.25, -0.2) is 24.4 Å². The van der Waals surface area contributed by atoms with E-state index in [1.165, 1.54) is 10.7 Å². The minimum Gasteiger partial charge on any atom is -0.409 e. The highest BCUT2D eigenvalue weighted by Gasteiger charge is 2.29. The number of benzene rings is 1. The third-order valence-corrected chi connectivity index (χ3v) is 7.21. The molecule has 42 heavy (non-hydrogen) atoms. The molecular weight excluding hydrogens is 585 g/mol. The number of hydrogen-bond acceptors (Lipinski definition) is 9. The van der Waals surface area contributed by atoms with E-state index in [1.807, 2.05) is 0 Å². The van der Waals surface area contributed by atoms with Crippen molar-refractivity contribution in [2.75, 3.05) is 13.7 Å². The number of methoxy groups -OCH3 is 1. The van der Waals surface area contributed by atoms with Gasteiger partial charge in [-0.2, -0.15) is 0 Å². The van der Waals surface area contributed by atoms with Crippen LogP contribution < -0.4 is 16.0 Å². The molecule has 5 aromatic rings. The number of rotatable bonds is 8. The lowest BCUT2D eigenvalue weighted by atomic mass is 10.1. The minimum absolute atomic E-state index is 0.231. The summed E-state index contributed by atoms with van der Waals surface area (Å²) in [6.45, 7) is 0.375. The molecule has 13 nitrogen and oxygen atoms in total. The van der Waals surface area contributed by atoms with Crippen LogP contribution in [0, 0.1) is 0 Å². The number of ether oxygens (including phenoxy) is 2. The fourth-order valence-corrected chi connectivity index (χ4v) is 5.27. The molecule has 1 aliphatic heterocycles. The summed E-state index contributed by atoms with van der Waals surface area (Å²) < 4.78 is 13.4. The lowest BCUT2D eigenvalue weighted by Gasteiger charge is -2.14. The van der Waals surface area contributed by atoms with Crippen molar-refractivity contribution in [2.24, 2.45) is 5.73 Å². The van der Waals surface area contributed by atoms with Crippen molar-refractivity contribution < 1.29 is 14.3 Å². The number of amides is 1. The molecule has 214 valence electrons. The van der Waals surface area contributed by atoms with Crippen LogP contribution in [-0.4, -0.2) is 59.3 Å². The van der Waals surface area contributed by atoms with Gasteiger partial charge in [-0.15, -0.1) is 5.10 Å². The molecule has 15 heteroatoms. The molecule has 1 aromatic carbocycles. The summed E-state index contributed by atoms with van der Waals surface area (Å²) in [5.74, 6) is 1.48. The number of aromatic amines is 1. The van der Waals surface area contributed by atoms with E-state index >= 15 is 0 Å². The largest absolute Gasteiger partial charge is 0.410 e. The predicted octanol–water partition coefficient (Wildman–Crippen LogP) is 3.76. The topological polar surface area (TPSA) is 169 Å². The number of carbonyl (C=O) groups excluding carboxylic acids is 1. The first kappa shape index (κ1) is 27.6. The van der Waals surface area contributed by atoms with Crippen LogP contribution >= 0.6 is 23.2 Å². The van der Waals surface area contributed by atoms with E-state index in [1.54, 1.807) is 54.4 Å². The summed E-state index contributed by atoms with van der Waals surface area (Å²) >= 11 is 12.3. The number of nitrogens with two attached hydrogens (primary N) is 1. The van der Waals surface area contributed by atoms with E-state index < -0.39 is 6.09 Å². The molecule has 0 unspecified atom stereocenters. The van der Waals surface area contributed by atoms with Crippen molar-refractivity contribution in [1.82, 2.24) is 39.5 Å². The standard InChI is InChI=1S/C27H23Cl2N9O4/c1-41-9-8-17-22(42-27(30)40)6-3-16(32-17)19-12-31-26(34-19)21-5-7-24-33-18(11-25(39)38(21)24)15-10-14(28)2-4-20(15)37-13-23(29)35-36-37/h2-4,6,10-13,21H,5,7-9H2,1H3,(H2,30,40)(H,31,34)/t21-/m0/s1. The van der Waals surface area contributed by atoms with Gasteiger partial charge in [-0.1, -0.05) is 28.4 Å². The van der Waals surface area contributed by atoms with Crippen molar-refractivity contribution in [3.8, 4) is 34.1 Å². The monoisotopic (exact) mass is 607 g/mol. The highest BCUT2D eigenvalue weighted by molar-refractivity contribution is 6.31. The highest BCUT2D eigenvalue weighted by Crippen LogP contribution is 2.33. The second kappa shape index (κ2) is 11.4. The van der Waals surface area contributed by atoms with Gasteiger partial charge in [-0.05, 0) is 36.8 Å². The van der Waals surface area contributed by atoms with Crippen LogP contribution in [0.25, 0.3) is 28.3 Å². The van der Waals surface area contributed by atoms with E-state index in [0.29, 0.717) is 76.6 Å². The van der Waals surface area contributed by atoms with Crippen LogP contribution in [0.4, 0.5) is 4.79 Å². The number of pyridine rings is 1. The van der Waals surface area contributed by atoms with Gasteiger partial charge in [0.1, 0.15) is 11.6 Å². The number of aryl methyl sites for hydroxylation is 1. The Hall–Kier alpha value is -4.59. The molecule has 0 bridgehead atoms. The number of aromatic nitrogens is 8. The maximum atomic E-state index is 13.5. The van der Waals surface area contributed by atoms with Crippen LogP contribution in [0.2, 0.25) is 10.2 Å². The van der Waals surface area contributed by atoms with Gasteiger partial charge in [0.15, 0.2) is 10.9 Å². The molecule has 1 atom stereocenters. The molecule has 0 saturated heterocycles. The maximum absolute atomic E-state index is 13.5. The van der Waals surface area contributed by atoms with E-state index in [9.17, 15) is 9.59 Å². The number of H-pyrrole nitrogens is 1. The average molecular weight is 608 g/mol. The number of hydrogen-bond donors (Lipinski definition) is 2. The zero-order valence-electron chi connectivity index (χ0n) is 22.1. The zero-order chi connectivity index (χ0) is 29.4. The molecule has 6 rings (SSSR count). The molecule has 0 spiro atoms. The minimum atomic E-state index is -0.927. The zero-order valence-corrected chi connectivity index (χ0v) is 23.6. The lowest BCUT2D eigenvalue weighted by Crippen LogP contribution is -2.25. The fourth-order valence-electron chi connectivity index (χ4n) is 4.97. The van der Waals surface area contributed by atoms with Gasteiger partial charge >= 0.3 is 6.09 Å². The Bertz CT molecular complexity index is 1870. The maximum Gasteiger partial charge on any atom is 0.410 e. The van der Waals surface area contributed by atoms with Crippen LogP contribution in [0.15, 0.2) is 53.6 Å². The number of carbonyl (C=O) groups is 1. The normalized spacial score (nSPS) is 14.2. The molecule has 1 amide bonds. The summed E-state index contributed by atoms with van der Waals surface area (Å²) in [7, 11) is 1.57. The van der Waals surface area contributed by atoms with Crippen LogP contribution in [0.5, 0.6) is 5.75 Å². The van der Waals surface area contributed by atoms with Gasteiger partial charge < -0.3 is 20.2 Å². The molecule has 3 N–H and O–H groups in total. The summed E-state index contributed by atoms with van der Waals surface area (Å²) in [6, 6.07) is 9.65. The molecule has 4 aromatic heterocycles. The van der Waals surface area contributed by atoms with Gasteiger partial charge in [0.25, 0.3) is 5.56 Å². The number of fused-ring (bicyclic) bond motifs is 1. The van der Waals surface area contributed by atoms with E-state index in [0.717, 1.165) is 0 Å². The van der Waals surface area contributed by atoms with Crippen LogP contribution in [0.1, 0.15) is 29.8 Å². The van der Waals surface area contributed by atoms with E-state index in [2.05, 4.69) is 25.3 Å². The van der Waals surface area contributed by atoms with Crippen molar-refractivity contribution in [2.45, 2.75) is 25.3 Å². The SMILES string of the molecule is COCCc1nc(-c2cnc([C@@H]3CCc4nc(-c5cc(Cl)ccc5-n5cc(Cl)nn5)cc(=O)n43)[nH]2)ccc1OC(N)=O. The van der Waals surface area contributed by atoms with Gasteiger partial charge in [0.2, 0.25) is 0 Å². The Labute approximate surface area is 248 Å². The Morgan fingerprint density at radius 1 is 1.17 bits per heavy atom. The van der Waals surface area contributed by atoms with Crippen molar-refractivity contribution in [3.05, 3.63) is 86.7 Å². The van der Waals surface area contributed by atoms with Crippen molar-refractivity contribution in [1.29, 1.82) is 0 Å². The smallest absolute Gasteiger partial charge is 0.409 e. The lowest BCUT2D eigenvalue weighted by molar-refractivity contribution is 0.197. The first-order valence-corrected chi connectivity index (χ1v) is 13.6. The molecule has 0 saturated carbocycles. The highest BCUT2D eigenvalue weighted by atomic mass is 35.5. The Morgan fingerprint density at radius 3 is 2.79 bits per heavy atom. The van der Waals surface area contributed by atoms with E-state index in [-0.39, 0.29) is 22.5 Å². The Morgan fingerprint density at radius 2 is 2.02 bits per heavy atom. The number of imidazole rings is 1. The number of halogens is 2. The first-order valence-electron chi connectivity index (χ1n) is 12.8. The molecule has 0 fully saturated rings. The summed E-state index contributed by atoms with van der Waals surface area (Å²) in [5, 5.41) is 8.60. The van der Waals surface area contributed by atoms with Gasteiger partial charge in [-0.3, -0.25) is 9.36 Å². The van der Waals surface area contributed by atoms with Crippen LogP contribution in [0.3, 0.4) is 0 Å². The summed E-state index contributed by atoms with van der Waals surface area (Å²) in [6.07, 6.45) is 3.88. The molecule has 1 aliphatic rings. The fraction of sp³-hybridized carbons (Fsp3) is 0.222. The van der Waals surface area contributed by atoms with Crippen molar-refractivity contribution >= 4 is 29.3 Å². The van der Waals surface area contributed by atoms with Crippen molar-refractivity contribution in [3.63, 3.8) is 0 Å². The second-order valence-corrected chi connectivity index (χ2v) is 10.3.